The number of fused-ring (bicyclic) bond motifs is 1. The lowest BCUT2D eigenvalue weighted by molar-refractivity contribution is 0.0716. The maximum Gasteiger partial charge on any atom is 0.130 e. The minimum Gasteiger partial charge on any atom is -0.382 e. The number of rotatable bonds is 7. The van der Waals surface area contributed by atoms with Crippen molar-refractivity contribution in [1.29, 1.82) is 0 Å². The molecule has 2 N–H and O–H groups in total. The summed E-state index contributed by atoms with van der Waals surface area (Å²) in [6, 6.07) is 0. The summed E-state index contributed by atoms with van der Waals surface area (Å²) in [5, 5.41) is 0. The van der Waals surface area contributed by atoms with E-state index in [1.165, 1.54) is 11.3 Å². The number of nitrogens with zero attached hydrogens (tertiary/aromatic N) is 2. The largest absolute Gasteiger partial charge is 0.382 e. The number of hydrogen-bond donors (Lipinski definition) is 1. The average molecular weight is 265 g/mol. The van der Waals surface area contributed by atoms with Crippen LogP contribution in [-0.2, 0) is 28.7 Å². The van der Waals surface area contributed by atoms with Crippen LogP contribution in [0.1, 0.15) is 23.5 Å². The Balaban J connectivity index is 1.84. The van der Waals surface area contributed by atoms with E-state index < -0.39 is 0 Å². The molecule has 5 nitrogen and oxygen atoms in total. The molecule has 0 bridgehead atoms. The maximum absolute atomic E-state index is 5.73. The molecule has 0 aliphatic heterocycles. The van der Waals surface area contributed by atoms with E-state index >= 15 is 0 Å². The first-order valence-corrected chi connectivity index (χ1v) is 6.94. The minimum atomic E-state index is 0.597. The van der Waals surface area contributed by atoms with Crippen molar-refractivity contribution in [2.24, 2.45) is 11.7 Å². The lowest BCUT2D eigenvalue weighted by atomic mass is 9.87. The Morgan fingerprint density at radius 2 is 2.26 bits per heavy atom. The fourth-order valence-electron chi connectivity index (χ4n) is 2.35. The Morgan fingerprint density at radius 3 is 3.05 bits per heavy atom. The Morgan fingerprint density at radius 1 is 1.37 bits per heavy atom. The van der Waals surface area contributed by atoms with E-state index in [4.69, 9.17) is 15.2 Å². The van der Waals surface area contributed by atoms with Crippen molar-refractivity contribution < 1.29 is 9.47 Å². The van der Waals surface area contributed by atoms with Gasteiger partial charge >= 0.3 is 0 Å². The summed E-state index contributed by atoms with van der Waals surface area (Å²) in [5.74, 6) is 1.47. The van der Waals surface area contributed by atoms with Crippen LogP contribution in [0.25, 0.3) is 0 Å². The van der Waals surface area contributed by atoms with Crippen LogP contribution in [0.4, 0.5) is 0 Å². The third kappa shape index (κ3) is 4.23. The summed E-state index contributed by atoms with van der Waals surface area (Å²) in [6.45, 7) is 2.66. The molecular weight excluding hydrogens is 242 g/mol. The molecule has 1 heterocycles. The number of ether oxygens (including phenoxy) is 2. The van der Waals surface area contributed by atoms with Crippen LogP contribution in [0.2, 0.25) is 0 Å². The summed E-state index contributed by atoms with van der Waals surface area (Å²) in [5.41, 5.74) is 8.20. The molecule has 1 aromatic rings. The number of aryl methyl sites for hydroxylation is 1. The van der Waals surface area contributed by atoms with Crippen LogP contribution in [0.5, 0.6) is 0 Å². The third-order valence-electron chi connectivity index (χ3n) is 3.54. The highest BCUT2D eigenvalue weighted by Crippen LogP contribution is 2.22. The second-order valence-corrected chi connectivity index (χ2v) is 4.96. The summed E-state index contributed by atoms with van der Waals surface area (Å²) in [4.78, 5) is 9.05. The van der Waals surface area contributed by atoms with Crippen molar-refractivity contribution in [2.45, 2.75) is 25.7 Å². The first-order valence-electron chi connectivity index (χ1n) is 6.94. The Bertz CT molecular complexity index is 398. The topological polar surface area (TPSA) is 70.3 Å². The molecule has 0 saturated heterocycles. The molecule has 1 aliphatic carbocycles. The Hall–Kier alpha value is -1.04. The summed E-state index contributed by atoms with van der Waals surface area (Å²) in [6.07, 6.45) is 5.92. The van der Waals surface area contributed by atoms with E-state index in [-0.39, 0.29) is 0 Å². The van der Waals surface area contributed by atoms with Crippen LogP contribution in [0.3, 0.4) is 0 Å². The van der Waals surface area contributed by atoms with Crippen molar-refractivity contribution in [2.75, 3.05) is 33.5 Å². The summed E-state index contributed by atoms with van der Waals surface area (Å²) >= 11 is 0. The predicted octanol–water partition coefficient (Wildman–Crippen LogP) is 0.746. The van der Waals surface area contributed by atoms with Crippen LogP contribution in [-0.4, -0.2) is 43.4 Å². The standard InChI is InChI=1S/C14H23N3O2/c1-18-6-7-19-5-4-14-16-10-12-8-11(9-15)2-3-13(12)17-14/h10-11H,2-9,15H2,1H3. The second kappa shape index (κ2) is 7.53. The fraction of sp³-hybridized carbons (Fsp3) is 0.714. The van der Waals surface area contributed by atoms with E-state index in [0.717, 1.165) is 38.1 Å². The fourth-order valence-corrected chi connectivity index (χ4v) is 2.35. The SMILES string of the molecule is COCCOCCc1ncc2c(n1)CCC(CN)C2. The molecule has 0 aromatic carbocycles. The number of methoxy groups -OCH3 is 1. The lowest BCUT2D eigenvalue weighted by Crippen LogP contribution is -2.23. The van der Waals surface area contributed by atoms with Crippen molar-refractivity contribution in [3.8, 4) is 0 Å². The zero-order valence-corrected chi connectivity index (χ0v) is 11.6. The van der Waals surface area contributed by atoms with Gasteiger partial charge in [0.2, 0.25) is 0 Å². The molecule has 0 fully saturated rings. The molecule has 2 rings (SSSR count). The van der Waals surface area contributed by atoms with Gasteiger partial charge in [-0.1, -0.05) is 0 Å². The van der Waals surface area contributed by atoms with Crippen LogP contribution < -0.4 is 5.73 Å². The summed E-state index contributed by atoms with van der Waals surface area (Å²) in [7, 11) is 1.67. The molecule has 19 heavy (non-hydrogen) atoms. The van der Waals surface area contributed by atoms with E-state index in [0.29, 0.717) is 25.7 Å². The maximum atomic E-state index is 5.73. The molecule has 0 amide bonds. The number of nitrogens with two attached hydrogens (primary N) is 1. The highest BCUT2D eigenvalue weighted by atomic mass is 16.5. The molecule has 106 valence electrons. The third-order valence-corrected chi connectivity index (χ3v) is 3.54. The highest BCUT2D eigenvalue weighted by Gasteiger charge is 2.19. The molecule has 1 atom stereocenters. The van der Waals surface area contributed by atoms with Gasteiger partial charge in [0.25, 0.3) is 0 Å². The molecule has 5 heteroatoms. The van der Waals surface area contributed by atoms with E-state index in [1.54, 1.807) is 7.11 Å². The molecule has 1 unspecified atom stereocenters. The lowest BCUT2D eigenvalue weighted by Gasteiger charge is -2.22. The van der Waals surface area contributed by atoms with Gasteiger partial charge in [-0.2, -0.15) is 0 Å². The van der Waals surface area contributed by atoms with Gasteiger partial charge in [0.15, 0.2) is 0 Å². The molecule has 0 spiro atoms. The van der Waals surface area contributed by atoms with Crippen LogP contribution >= 0.6 is 0 Å². The zero-order valence-electron chi connectivity index (χ0n) is 11.6. The van der Waals surface area contributed by atoms with Gasteiger partial charge in [0, 0.05) is 25.4 Å². The molecule has 1 aromatic heterocycles. The first kappa shape index (κ1) is 14.4. The summed E-state index contributed by atoms with van der Waals surface area (Å²) < 4.78 is 10.4. The number of aromatic nitrogens is 2. The zero-order chi connectivity index (χ0) is 13.5. The quantitative estimate of drug-likeness (QED) is 0.737. The van der Waals surface area contributed by atoms with Gasteiger partial charge in [-0.15, -0.1) is 0 Å². The highest BCUT2D eigenvalue weighted by molar-refractivity contribution is 5.21. The van der Waals surface area contributed by atoms with Crippen LogP contribution in [0.15, 0.2) is 6.20 Å². The van der Waals surface area contributed by atoms with Gasteiger partial charge in [-0.3, -0.25) is 0 Å². The second-order valence-electron chi connectivity index (χ2n) is 4.96. The van der Waals surface area contributed by atoms with Crippen molar-refractivity contribution in [3.05, 3.63) is 23.3 Å². The van der Waals surface area contributed by atoms with E-state index in [9.17, 15) is 0 Å². The van der Waals surface area contributed by atoms with E-state index in [1.807, 2.05) is 6.20 Å². The number of hydrogen-bond acceptors (Lipinski definition) is 5. The molecule has 0 radical (unpaired) electrons. The van der Waals surface area contributed by atoms with Gasteiger partial charge in [0.1, 0.15) is 5.82 Å². The van der Waals surface area contributed by atoms with Gasteiger partial charge in [0.05, 0.1) is 19.8 Å². The van der Waals surface area contributed by atoms with E-state index in [2.05, 4.69) is 9.97 Å². The molecule has 1 aliphatic rings. The normalized spacial score (nSPS) is 18.3. The van der Waals surface area contributed by atoms with Crippen molar-refractivity contribution >= 4 is 0 Å². The first-order chi connectivity index (χ1) is 9.33. The Labute approximate surface area is 114 Å². The average Bonchev–Trinajstić information content (AvgIpc) is 2.46. The minimum absolute atomic E-state index is 0.597. The van der Waals surface area contributed by atoms with Gasteiger partial charge < -0.3 is 15.2 Å². The molecule has 0 saturated carbocycles. The Kier molecular flexibility index (Phi) is 5.69. The van der Waals surface area contributed by atoms with Gasteiger partial charge in [-0.05, 0) is 37.3 Å². The monoisotopic (exact) mass is 265 g/mol. The van der Waals surface area contributed by atoms with Gasteiger partial charge in [-0.25, -0.2) is 9.97 Å². The van der Waals surface area contributed by atoms with Crippen molar-refractivity contribution in [1.82, 2.24) is 9.97 Å². The molecular formula is C14H23N3O2. The van der Waals surface area contributed by atoms with Crippen LogP contribution in [0, 0.1) is 5.92 Å². The van der Waals surface area contributed by atoms with Crippen molar-refractivity contribution in [3.63, 3.8) is 0 Å². The predicted molar refractivity (Wildman–Crippen MR) is 73.0 cm³/mol. The smallest absolute Gasteiger partial charge is 0.130 e.